The SMILES string of the molecule is CNCC(C)CNS(=O)(=O)N(C)C1CCCCC1. The highest BCUT2D eigenvalue weighted by molar-refractivity contribution is 7.87. The van der Waals surface area contributed by atoms with Gasteiger partial charge in [0, 0.05) is 19.6 Å². The van der Waals surface area contributed by atoms with E-state index in [1.54, 1.807) is 7.05 Å². The number of hydrogen-bond donors (Lipinski definition) is 2. The fourth-order valence-electron chi connectivity index (χ4n) is 2.41. The van der Waals surface area contributed by atoms with E-state index in [0.717, 1.165) is 32.2 Å². The lowest BCUT2D eigenvalue weighted by Crippen LogP contribution is -2.46. The smallest absolute Gasteiger partial charge is 0.279 e. The predicted octanol–water partition coefficient (Wildman–Crippen LogP) is 0.941. The van der Waals surface area contributed by atoms with Gasteiger partial charge in [-0.2, -0.15) is 12.7 Å². The van der Waals surface area contributed by atoms with Crippen molar-refractivity contribution in [2.45, 2.75) is 45.1 Å². The molecule has 0 aromatic heterocycles. The summed E-state index contributed by atoms with van der Waals surface area (Å²) in [5.74, 6) is 0.296. The van der Waals surface area contributed by atoms with Crippen molar-refractivity contribution in [2.24, 2.45) is 5.92 Å². The van der Waals surface area contributed by atoms with Gasteiger partial charge in [0.1, 0.15) is 0 Å². The minimum absolute atomic E-state index is 0.177. The fraction of sp³-hybridized carbons (Fsp3) is 1.00. The van der Waals surface area contributed by atoms with Gasteiger partial charge in [0.05, 0.1) is 0 Å². The Morgan fingerprint density at radius 3 is 2.39 bits per heavy atom. The fourth-order valence-corrected chi connectivity index (χ4v) is 3.71. The van der Waals surface area contributed by atoms with Crippen molar-refractivity contribution in [3.8, 4) is 0 Å². The lowest BCUT2D eigenvalue weighted by molar-refractivity contribution is 0.282. The first-order valence-electron chi connectivity index (χ1n) is 6.84. The average molecular weight is 277 g/mol. The minimum atomic E-state index is -3.32. The van der Waals surface area contributed by atoms with E-state index in [0.29, 0.717) is 12.5 Å². The van der Waals surface area contributed by atoms with Crippen LogP contribution >= 0.6 is 0 Å². The number of nitrogens with one attached hydrogen (secondary N) is 2. The topological polar surface area (TPSA) is 61.4 Å². The summed E-state index contributed by atoms with van der Waals surface area (Å²) in [7, 11) is 0.252. The summed E-state index contributed by atoms with van der Waals surface area (Å²) in [6.07, 6.45) is 5.49. The quantitative estimate of drug-likeness (QED) is 0.728. The molecule has 6 heteroatoms. The van der Waals surface area contributed by atoms with Gasteiger partial charge in [0.25, 0.3) is 10.2 Å². The van der Waals surface area contributed by atoms with Gasteiger partial charge in [-0.1, -0.05) is 26.2 Å². The second kappa shape index (κ2) is 7.43. The van der Waals surface area contributed by atoms with Crippen LogP contribution in [0.3, 0.4) is 0 Å². The predicted molar refractivity (Wildman–Crippen MR) is 74.6 cm³/mol. The summed E-state index contributed by atoms with van der Waals surface area (Å²) in [5.41, 5.74) is 0. The third kappa shape index (κ3) is 4.84. The first-order chi connectivity index (χ1) is 8.47. The van der Waals surface area contributed by atoms with E-state index in [4.69, 9.17) is 0 Å². The summed E-state index contributed by atoms with van der Waals surface area (Å²) >= 11 is 0. The molecule has 1 atom stereocenters. The molecular weight excluding hydrogens is 250 g/mol. The molecule has 18 heavy (non-hydrogen) atoms. The Kier molecular flexibility index (Phi) is 6.55. The Labute approximate surface area is 112 Å². The zero-order chi connectivity index (χ0) is 13.6. The van der Waals surface area contributed by atoms with Gasteiger partial charge in [-0.25, -0.2) is 4.72 Å². The molecule has 0 heterocycles. The monoisotopic (exact) mass is 277 g/mol. The zero-order valence-corrected chi connectivity index (χ0v) is 12.6. The standard InChI is InChI=1S/C12H27N3O2S/c1-11(9-13-2)10-14-18(16,17)15(3)12-7-5-4-6-8-12/h11-14H,4-10H2,1-3H3. The third-order valence-corrected chi connectivity index (χ3v) is 5.22. The van der Waals surface area contributed by atoms with Crippen molar-refractivity contribution in [1.82, 2.24) is 14.3 Å². The maximum Gasteiger partial charge on any atom is 0.279 e. The lowest BCUT2D eigenvalue weighted by Gasteiger charge is -2.30. The Balaban J connectivity index is 2.46. The van der Waals surface area contributed by atoms with Crippen molar-refractivity contribution in [3.05, 3.63) is 0 Å². The number of rotatable bonds is 7. The van der Waals surface area contributed by atoms with Gasteiger partial charge < -0.3 is 5.32 Å². The van der Waals surface area contributed by atoms with E-state index >= 15 is 0 Å². The van der Waals surface area contributed by atoms with Crippen LogP contribution in [0.2, 0.25) is 0 Å². The molecule has 0 saturated heterocycles. The first kappa shape index (κ1) is 15.9. The molecule has 1 aliphatic rings. The summed E-state index contributed by atoms with van der Waals surface area (Å²) in [6.45, 7) is 3.33. The highest BCUT2D eigenvalue weighted by Gasteiger charge is 2.27. The second-order valence-corrected chi connectivity index (χ2v) is 7.14. The van der Waals surface area contributed by atoms with Gasteiger partial charge in [-0.05, 0) is 32.4 Å². The summed E-state index contributed by atoms with van der Waals surface area (Å²) in [5, 5.41) is 3.05. The maximum atomic E-state index is 12.1. The summed E-state index contributed by atoms with van der Waals surface area (Å²) in [6, 6.07) is 0.177. The van der Waals surface area contributed by atoms with Crippen molar-refractivity contribution in [2.75, 3.05) is 27.2 Å². The van der Waals surface area contributed by atoms with E-state index in [1.165, 1.54) is 10.7 Å². The number of nitrogens with zero attached hydrogens (tertiary/aromatic N) is 1. The molecular formula is C12H27N3O2S. The molecule has 0 bridgehead atoms. The van der Waals surface area contributed by atoms with Crippen LogP contribution in [-0.4, -0.2) is 45.9 Å². The van der Waals surface area contributed by atoms with E-state index in [9.17, 15) is 8.42 Å². The van der Waals surface area contributed by atoms with Crippen molar-refractivity contribution >= 4 is 10.2 Å². The molecule has 0 aromatic rings. The highest BCUT2D eigenvalue weighted by atomic mass is 32.2. The van der Waals surface area contributed by atoms with Crippen LogP contribution in [0.25, 0.3) is 0 Å². The molecule has 5 nitrogen and oxygen atoms in total. The average Bonchev–Trinajstić information content (AvgIpc) is 2.37. The largest absolute Gasteiger partial charge is 0.319 e. The van der Waals surface area contributed by atoms with Gasteiger partial charge >= 0.3 is 0 Å². The van der Waals surface area contributed by atoms with Gasteiger partial charge in [0.2, 0.25) is 0 Å². The molecule has 0 aromatic carbocycles. The van der Waals surface area contributed by atoms with Crippen molar-refractivity contribution < 1.29 is 8.42 Å². The molecule has 108 valence electrons. The van der Waals surface area contributed by atoms with E-state index < -0.39 is 10.2 Å². The molecule has 0 radical (unpaired) electrons. The Morgan fingerprint density at radius 1 is 1.22 bits per heavy atom. The summed E-state index contributed by atoms with van der Waals surface area (Å²) < 4.78 is 28.5. The molecule has 1 saturated carbocycles. The van der Waals surface area contributed by atoms with E-state index in [2.05, 4.69) is 10.0 Å². The van der Waals surface area contributed by atoms with Crippen LogP contribution < -0.4 is 10.0 Å². The normalized spacial score (nSPS) is 20.2. The lowest BCUT2D eigenvalue weighted by atomic mass is 9.96. The third-order valence-electron chi connectivity index (χ3n) is 3.63. The van der Waals surface area contributed by atoms with Gasteiger partial charge in [-0.3, -0.25) is 0 Å². The molecule has 1 rings (SSSR count). The van der Waals surface area contributed by atoms with Crippen molar-refractivity contribution in [1.29, 1.82) is 0 Å². The highest BCUT2D eigenvalue weighted by Crippen LogP contribution is 2.22. The van der Waals surface area contributed by atoms with E-state index in [-0.39, 0.29) is 6.04 Å². The Hall–Kier alpha value is -0.170. The molecule has 0 spiro atoms. The Morgan fingerprint density at radius 2 is 1.83 bits per heavy atom. The first-order valence-corrected chi connectivity index (χ1v) is 8.28. The number of hydrogen-bond acceptors (Lipinski definition) is 3. The molecule has 0 amide bonds. The van der Waals surface area contributed by atoms with Crippen LogP contribution in [0.5, 0.6) is 0 Å². The maximum absolute atomic E-state index is 12.1. The molecule has 1 unspecified atom stereocenters. The molecule has 2 N–H and O–H groups in total. The van der Waals surface area contributed by atoms with Crippen LogP contribution in [0.15, 0.2) is 0 Å². The molecule has 1 aliphatic carbocycles. The molecule has 0 aliphatic heterocycles. The van der Waals surface area contributed by atoms with Crippen molar-refractivity contribution in [3.63, 3.8) is 0 Å². The van der Waals surface area contributed by atoms with Crippen LogP contribution in [0.4, 0.5) is 0 Å². The zero-order valence-electron chi connectivity index (χ0n) is 11.8. The second-order valence-electron chi connectivity index (χ2n) is 5.32. The molecule has 1 fully saturated rings. The van der Waals surface area contributed by atoms with Gasteiger partial charge in [0.15, 0.2) is 0 Å². The van der Waals surface area contributed by atoms with Gasteiger partial charge in [-0.15, -0.1) is 0 Å². The van der Waals surface area contributed by atoms with Crippen LogP contribution in [0, 0.1) is 5.92 Å². The van der Waals surface area contributed by atoms with Crippen LogP contribution in [0.1, 0.15) is 39.0 Å². The minimum Gasteiger partial charge on any atom is -0.319 e. The van der Waals surface area contributed by atoms with E-state index in [1.807, 2.05) is 14.0 Å². The Bertz CT molecular complexity index is 326. The van der Waals surface area contributed by atoms with Crippen LogP contribution in [-0.2, 0) is 10.2 Å². The summed E-state index contributed by atoms with van der Waals surface area (Å²) in [4.78, 5) is 0.